The van der Waals surface area contributed by atoms with E-state index < -0.39 is 7.75 Å². The summed E-state index contributed by atoms with van der Waals surface area (Å²) in [5.74, 6) is 0.586. The first-order valence-corrected chi connectivity index (χ1v) is 12.2. The number of nitrogens with zero attached hydrogens (tertiary/aromatic N) is 1. The van der Waals surface area contributed by atoms with Crippen LogP contribution in [0.25, 0.3) is 21.5 Å². The van der Waals surface area contributed by atoms with Crippen molar-refractivity contribution in [1.29, 1.82) is 0 Å². The van der Waals surface area contributed by atoms with Crippen LogP contribution in [0.2, 0.25) is 0 Å². The monoisotopic (exact) mass is 413 g/mol. The Bertz CT molecular complexity index is 980. The van der Waals surface area contributed by atoms with Crippen LogP contribution in [0.4, 0.5) is 0 Å². The van der Waals surface area contributed by atoms with Crippen molar-refractivity contribution in [2.45, 2.75) is 46.5 Å². The van der Waals surface area contributed by atoms with E-state index in [0.717, 1.165) is 36.5 Å². The summed E-state index contributed by atoms with van der Waals surface area (Å²) in [6.45, 7) is 7.92. The Morgan fingerprint density at radius 3 is 1.97 bits per heavy atom. The Balaban J connectivity index is 1.92. The molecule has 4 nitrogen and oxygen atoms in total. The van der Waals surface area contributed by atoms with E-state index in [1.807, 2.05) is 41.9 Å². The van der Waals surface area contributed by atoms with Crippen molar-refractivity contribution < 1.29 is 13.6 Å². The maximum Gasteiger partial charge on any atom is 0.461 e. The second-order valence-corrected chi connectivity index (χ2v) is 9.29. The van der Waals surface area contributed by atoms with Crippen LogP contribution in [0.3, 0.4) is 0 Å². The highest BCUT2D eigenvalue weighted by atomic mass is 31.2. The standard InChI is InChI=1S/C24H32NO3P/c1-4-7-15-25(16-8-5-2)29(26,27-6-3)28-24-14-13-22-17-20-11-9-10-12-21(20)18-23(22)19-24/h9-14,17-19H,4-8,15-16H2,1-3H3. The molecule has 3 aromatic rings. The van der Waals surface area contributed by atoms with Crippen LogP contribution in [0.5, 0.6) is 5.75 Å². The van der Waals surface area contributed by atoms with Crippen LogP contribution >= 0.6 is 7.75 Å². The van der Waals surface area contributed by atoms with Crippen molar-refractivity contribution in [3.63, 3.8) is 0 Å². The molecule has 0 aromatic heterocycles. The van der Waals surface area contributed by atoms with E-state index in [0.29, 0.717) is 25.4 Å². The number of fused-ring (bicyclic) bond motifs is 2. The molecule has 0 N–H and O–H groups in total. The van der Waals surface area contributed by atoms with Gasteiger partial charge in [-0.1, -0.05) is 57.0 Å². The summed E-state index contributed by atoms with van der Waals surface area (Å²) in [6, 6.07) is 18.5. The summed E-state index contributed by atoms with van der Waals surface area (Å²) in [6.07, 6.45) is 4.01. The van der Waals surface area contributed by atoms with Crippen LogP contribution in [-0.4, -0.2) is 24.4 Å². The lowest BCUT2D eigenvalue weighted by Crippen LogP contribution is -2.27. The summed E-state index contributed by atoms with van der Waals surface area (Å²) in [7, 11) is -3.40. The van der Waals surface area contributed by atoms with Crippen molar-refractivity contribution in [2.75, 3.05) is 19.7 Å². The number of hydrogen-bond donors (Lipinski definition) is 0. The molecule has 29 heavy (non-hydrogen) atoms. The second-order valence-electron chi connectivity index (χ2n) is 7.35. The van der Waals surface area contributed by atoms with Crippen LogP contribution in [0.1, 0.15) is 46.5 Å². The largest absolute Gasteiger partial charge is 0.461 e. The fourth-order valence-electron chi connectivity index (χ4n) is 3.48. The summed E-state index contributed by atoms with van der Waals surface area (Å²) in [5, 5.41) is 4.59. The van der Waals surface area contributed by atoms with Crippen molar-refractivity contribution in [3.05, 3.63) is 54.6 Å². The van der Waals surface area contributed by atoms with Gasteiger partial charge in [-0.3, -0.25) is 4.52 Å². The summed E-state index contributed by atoms with van der Waals surface area (Å²) in [4.78, 5) is 0. The highest BCUT2D eigenvalue weighted by molar-refractivity contribution is 7.51. The highest BCUT2D eigenvalue weighted by Gasteiger charge is 2.34. The van der Waals surface area contributed by atoms with Crippen molar-refractivity contribution in [2.24, 2.45) is 0 Å². The molecule has 0 saturated heterocycles. The molecule has 0 heterocycles. The Labute approximate surface area is 174 Å². The summed E-state index contributed by atoms with van der Waals surface area (Å²) in [5.41, 5.74) is 0. The smallest absolute Gasteiger partial charge is 0.413 e. The zero-order valence-corrected chi connectivity index (χ0v) is 18.7. The SMILES string of the molecule is CCCCN(CCCC)P(=O)(OCC)Oc1ccc2cc3ccccc3cc2c1. The molecule has 0 fully saturated rings. The van der Waals surface area contributed by atoms with Gasteiger partial charge in [-0.25, -0.2) is 4.57 Å². The minimum absolute atomic E-state index is 0.351. The Hall–Kier alpha value is -1.87. The molecule has 3 rings (SSSR count). The molecule has 1 unspecified atom stereocenters. The minimum atomic E-state index is -3.40. The van der Waals surface area contributed by atoms with Crippen molar-refractivity contribution >= 4 is 29.3 Å². The molecule has 0 spiro atoms. The average molecular weight is 413 g/mol. The molecule has 3 aromatic carbocycles. The van der Waals surface area contributed by atoms with Crippen LogP contribution in [0.15, 0.2) is 54.6 Å². The fraction of sp³-hybridized carbons (Fsp3) is 0.417. The molecule has 5 heteroatoms. The van der Waals surface area contributed by atoms with E-state index in [2.05, 4.69) is 38.1 Å². The quantitative estimate of drug-likeness (QED) is 0.242. The van der Waals surface area contributed by atoms with Gasteiger partial charge in [0.1, 0.15) is 5.75 Å². The maximum atomic E-state index is 13.7. The van der Waals surface area contributed by atoms with Gasteiger partial charge in [-0.2, -0.15) is 4.67 Å². The van der Waals surface area contributed by atoms with Gasteiger partial charge >= 0.3 is 7.75 Å². The van der Waals surface area contributed by atoms with Gasteiger partial charge in [0.2, 0.25) is 0 Å². The van der Waals surface area contributed by atoms with Gasteiger partial charge in [-0.05, 0) is 65.6 Å². The summed E-state index contributed by atoms with van der Waals surface area (Å²) < 4.78 is 27.4. The maximum absolute atomic E-state index is 13.7. The van der Waals surface area contributed by atoms with E-state index in [1.54, 1.807) is 0 Å². The molecule has 0 amide bonds. The Morgan fingerprint density at radius 1 is 0.793 bits per heavy atom. The molecular formula is C24H32NO3P. The third-order valence-corrected chi connectivity index (χ3v) is 7.19. The molecule has 0 aliphatic heterocycles. The fourth-order valence-corrected chi connectivity index (χ4v) is 5.29. The Morgan fingerprint density at radius 2 is 1.38 bits per heavy atom. The first kappa shape index (κ1) is 21.8. The normalized spacial score (nSPS) is 13.8. The van der Waals surface area contributed by atoms with E-state index in [1.165, 1.54) is 10.8 Å². The molecule has 0 saturated carbocycles. The minimum Gasteiger partial charge on any atom is -0.413 e. The van der Waals surface area contributed by atoms with Crippen LogP contribution in [0, 0.1) is 0 Å². The van der Waals surface area contributed by atoms with Gasteiger partial charge in [-0.15, -0.1) is 0 Å². The first-order chi connectivity index (χ1) is 14.1. The van der Waals surface area contributed by atoms with Crippen LogP contribution < -0.4 is 4.52 Å². The predicted octanol–water partition coefficient (Wildman–Crippen LogP) is 7.42. The van der Waals surface area contributed by atoms with Crippen molar-refractivity contribution in [3.8, 4) is 5.75 Å². The third kappa shape index (κ3) is 5.39. The average Bonchev–Trinajstić information content (AvgIpc) is 2.72. The van der Waals surface area contributed by atoms with Crippen molar-refractivity contribution in [1.82, 2.24) is 4.67 Å². The molecule has 0 aliphatic rings. The third-order valence-electron chi connectivity index (χ3n) is 5.08. The van der Waals surface area contributed by atoms with Gasteiger partial charge in [0.25, 0.3) is 0 Å². The van der Waals surface area contributed by atoms with E-state index >= 15 is 0 Å². The highest BCUT2D eigenvalue weighted by Crippen LogP contribution is 2.52. The Kier molecular flexibility index (Phi) is 7.71. The van der Waals surface area contributed by atoms with E-state index in [4.69, 9.17) is 9.05 Å². The van der Waals surface area contributed by atoms with E-state index in [-0.39, 0.29) is 0 Å². The zero-order chi connectivity index (χ0) is 20.7. The molecule has 0 bridgehead atoms. The lowest BCUT2D eigenvalue weighted by Gasteiger charge is -2.30. The van der Waals surface area contributed by atoms with Gasteiger partial charge < -0.3 is 4.52 Å². The summed E-state index contributed by atoms with van der Waals surface area (Å²) >= 11 is 0. The van der Waals surface area contributed by atoms with Gasteiger partial charge in [0.05, 0.1) is 6.61 Å². The number of hydrogen-bond acceptors (Lipinski definition) is 3. The van der Waals surface area contributed by atoms with E-state index in [9.17, 15) is 4.57 Å². The predicted molar refractivity (Wildman–Crippen MR) is 123 cm³/mol. The lowest BCUT2D eigenvalue weighted by atomic mass is 10.0. The lowest BCUT2D eigenvalue weighted by molar-refractivity contribution is 0.213. The first-order valence-electron chi connectivity index (χ1n) is 10.7. The molecule has 1 atom stereocenters. The second kappa shape index (κ2) is 10.2. The molecule has 0 aliphatic carbocycles. The number of rotatable bonds is 11. The molecule has 156 valence electrons. The topological polar surface area (TPSA) is 38.8 Å². The number of benzene rings is 3. The van der Waals surface area contributed by atoms with Crippen LogP contribution in [-0.2, 0) is 9.09 Å². The number of unbranched alkanes of at least 4 members (excludes halogenated alkanes) is 2. The molecule has 0 radical (unpaired) electrons. The van der Waals surface area contributed by atoms with Gasteiger partial charge in [0, 0.05) is 13.1 Å². The molecular weight excluding hydrogens is 381 g/mol. The van der Waals surface area contributed by atoms with Gasteiger partial charge in [0.15, 0.2) is 0 Å². The zero-order valence-electron chi connectivity index (χ0n) is 17.8.